The maximum Gasteiger partial charge on any atom is 0.0138 e. The first-order valence-corrected chi connectivity index (χ1v) is 5.37. The first-order chi connectivity index (χ1) is 5.55. The second kappa shape index (κ2) is 5.69. The van der Waals surface area contributed by atoms with Crippen molar-refractivity contribution in [1.29, 1.82) is 0 Å². The van der Waals surface area contributed by atoms with Crippen LogP contribution in [0.5, 0.6) is 0 Å². The second-order valence-electron chi connectivity index (χ2n) is 3.72. The summed E-state index contributed by atoms with van der Waals surface area (Å²) in [7, 11) is 0. The largest absolute Gasteiger partial charge is 0.172 e. The van der Waals surface area contributed by atoms with Gasteiger partial charge in [-0.1, -0.05) is 38.8 Å². The molecule has 0 nitrogen and oxygen atoms in total. The van der Waals surface area contributed by atoms with E-state index in [1.165, 1.54) is 18.4 Å². The molecule has 0 radical (unpaired) electrons. The lowest BCUT2D eigenvalue weighted by Gasteiger charge is -2.24. The van der Waals surface area contributed by atoms with Gasteiger partial charge in [-0.05, 0) is 26.2 Å². The second-order valence-corrected chi connectivity index (χ2v) is 4.80. The van der Waals surface area contributed by atoms with Crippen LogP contribution < -0.4 is 0 Å². The van der Waals surface area contributed by atoms with E-state index in [-0.39, 0.29) is 4.75 Å². The van der Waals surface area contributed by atoms with Crippen molar-refractivity contribution in [1.82, 2.24) is 0 Å². The summed E-state index contributed by atoms with van der Waals surface area (Å²) in [6.45, 7) is 8.79. The Morgan fingerprint density at radius 2 is 2.00 bits per heavy atom. The third-order valence-corrected chi connectivity index (χ3v) is 2.64. The quantitative estimate of drug-likeness (QED) is 0.482. The molecular weight excluding hydrogens is 164 g/mol. The molecule has 0 spiro atoms. The first-order valence-electron chi connectivity index (χ1n) is 4.92. The monoisotopic (exact) mass is 186 g/mol. The van der Waals surface area contributed by atoms with Gasteiger partial charge in [0.1, 0.15) is 0 Å². The van der Waals surface area contributed by atoms with E-state index in [9.17, 15) is 0 Å². The predicted octanol–water partition coefficient (Wildman–Crippen LogP) is 4.22. The molecule has 0 aromatic heterocycles. The molecule has 0 aliphatic heterocycles. The maximum absolute atomic E-state index is 4.67. The van der Waals surface area contributed by atoms with Gasteiger partial charge in [0.05, 0.1) is 0 Å². The fourth-order valence-corrected chi connectivity index (χ4v) is 1.97. The molecule has 0 amide bonds. The normalized spacial score (nSPS) is 17.6. The van der Waals surface area contributed by atoms with Crippen molar-refractivity contribution in [2.45, 2.75) is 58.1 Å². The van der Waals surface area contributed by atoms with Gasteiger partial charge in [-0.3, -0.25) is 0 Å². The van der Waals surface area contributed by atoms with Crippen LogP contribution in [0.2, 0.25) is 0 Å². The molecule has 1 atom stereocenters. The number of rotatable bonds is 5. The van der Waals surface area contributed by atoms with E-state index in [0.717, 1.165) is 12.8 Å². The Balaban J connectivity index is 4.03. The van der Waals surface area contributed by atoms with E-state index < -0.39 is 0 Å². The fourth-order valence-electron chi connectivity index (χ4n) is 1.55. The Hall–Kier alpha value is 0.0900. The van der Waals surface area contributed by atoms with Crippen molar-refractivity contribution >= 4 is 12.6 Å². The summed E-state index contributed by atoms with van der Waals surface area (Å²) in [6, 6.07) is 0. The van der Waals surface area contributed by atoms with Crippen LogP contribution in [0.1, 0.15) is 53.4 Å². The standard InChI is InChI=1S/C11H22S/c1-5-8-11(4,12)9-10(6-2)7-3/h6,12H,5,7-9H2,1-4H3/b10-6+. The third kappa shape index (κ3) is 4.87. The SMILES string of the molecule is C/C=C(\CC)CC(C)(S)CCC. The number of allylic oxidation sites excluding steroid dienone is 2. The molecule has 0 aliphatic carbocycles. The predicted molar refractivity (Wildman–Crippen MR) is 61.0 cm³/mol. The van der Waals surface area contributed by atoms with Gasteiger partial charge in [-0.15, -0.1) is 0 Å². The summed E-state index contributed by atoms with van der Waals surface area (Å²) in [5.74, 6) is 0. The highest BCUT2D eigenvalue weighted by atomic mass is 32.1. The zero-order chi connectivity index (χ0) is 9.61. The smallest absolute Gasteiger partial charge is 0.0138 e. The molecule has 0 N–H and O–H groups in total. The Morgan fingerprint density at radius 3 is 2.33 bits per heavy atom. The van der Waals surface area contributed by atoms with Crippen LogP contribution >= 0.6 is 12.6 Å². The topological polar surface area (TPSA) is 0 Å². The van der Waals surface area contributed by atoms with Gasteiger partial charge >= 0.3 is 0 Å². The van der Waals surface area contributed by atoms with E-state index in [4.69, 9.17) is 0 Å². The van der Waals surface area contributed by atoms with Crippen LogP contribution in [-0.2, 0) is 0 Å². The number of hydrogen-bond acceptors (Lipinski definition) is 1. The van der Waals surface area contributed by atoms with Crippen LogP contribution in [0.3, 0.4) is 0 Å². The third-order valence-electron chi connectivity index (χ3n) is 2.26. The van der Waals surface area contributed by atoms with Crippen molar-refractivity contribution in [3.63, 3.8) is 0 Å². The molecule has 1 unspecified atom stereocenters. The van der Waals surface area contributed by atoms with Crippen LogP contribution in [0.4, 0.5) is 0 Å². The van der Waals surface area contributed by atoms with E-state index in [1.807, 2.05) is 0 Å². The minimum Gasteiger partial charge on any atom is -0.172 e. The van der Waals surface area contributed by atoms with Crippen molar-refractivity contribution in [2.75, 3.05) is 0 Å². The van der Waals surface area contributed by atoms with E-state index >= 15 is 0 Å². The van der Waals surface area contributed by atoms with Crippen molar-refractivity contribution in [3.8, 4) is 0 Å². The van der Waals surface area contributed by atoms with Gasteiger partial charge in [-0.25, -0.2) is 0 Å². The Labute approximate surface area is 82.9 Å². The summed E-state index contributed by atoms with van der Waals surface area (Å²) in [6.07, 6.45) is 6.95. The molecular formula is C11H22S. The van der Waals surface area contributed by atoms with Gasteiger partial charge in [0, 0.05) is 4.75 Å². The Kier molecular flexibility index (Phi) is 5.73. The highest BCUT2D eigenvalue weighted by Crippen LogP contribution is 2.29. The minimum atomic E-state index is 0.201. The molecule has 0 aromatic carbocycles. The average molecular weight is 186 g/mol. The van der Waals surface area contributed by atoms with Crippen molar-refractivity contribution in [3.05, 3.63) is 11.6 Å². The van der Waals surface area contributed by atoms with Crippen LogP contribution in [-0.4, -0.2) is 4.75 Å². The Morgan fingerprint density at radius 1 is 1.42 bits per heavy atom. The first kappa shape index (κ1) is 12.1. The zero-order valence-corrected chi connectivity index (χ0v) is 9.75. The van der Waals surface area contributed by atoms with E-state index in [1.54, 1.807) is 0 Å². The molecule has 0 bridgehead atoms. The molecule has 0 rings (SSSR count). The molecule has 0 heterocycles. The zero-order valence-electron chi connectivity index (χ0n) is 8.85. The average Bonchev–Trinajstić information content (AvgIpc) is 2.00. The number of thiol groups is 1. The summed E-state index contributed by atoms with van der Waals surface area (Å²) in [4.78, 5) is 0. The summed E-state index contributed by atoms with van der Waals surface area (Å²) < 4.78 is 0.201. The lowest BCUT2D eigenvalue weighted by atomic mass is 9.94. The summed E-state index contributed by atoms with van der Waals surface area (Å²) in [5.41, 5.74) is 1.53. The Bertz CT molecular complexity index is 145. The van der Waals surface area contributed by atoms with E-state index in [2.05, 4.69) is 46.4 Å². The van der Waals surface area contributed by atoms with Crippen LogP contribution in [0.15, 0.2) is 11.6 Å². The molecule has 0 saturated heterocycles. The fraction of sp³-hybridized carbons (Fsp3) is 0.818. The molecule has 72 valence electrons. The van der Waals surface area contributed by atoms with Crippen LogP contribution in [0.25, 0.3) is 0 Å². The van der Waals surface area contributed by atoms with Gasteiger partial charge in [0.15, 0.2) is 0 Å². The molecule has 0 fully saturated rings. The molecule has 0 aliphatic rings. The van der Waals surface area contributed by atoms with E-state index in [0.29, 0.717) is 0 Å². The summed E-state index contributed by atoms with van der Waals surface area (Å²) >= 11 is 4.67. The van der Waals surface area contributed by atoms with Gasteiger partial charge in [0.25, 0.3) is 0 Å². The minimum absolute atomic E-state index is 0.201. The summed E-state index contributed by atoms with van der Waals surface area (Å²) in [5, 5.41) is 0. The van der Waals surface area contributed by atoms with Crippen LogP contribution in [0, 0.1) is 0 Å². The maximum atomic E-state index is 4.67. The highest BCUT2D eigenvalue weighted by molar-refractivity contribution is 7.81. The van der Waals surface area contributed by atoms with Crippen molar-refractivity contribution < 1.29 is 0 Å². The molecule has 0 saturated carbocycles. The lowest BCUT2D eigenvalue weighted by molar-refractivity contribution is 0.569. The molecule has 1 heteroatoms. The van der Waals surface area contributed by atoms with Gasteiger partial charge in [-0.2, -0.15) is 12.6 Å². The molecule has 0 aromatic rings. The highest BCUT2D eigenvalue weighted by Gasteiger charge is 2.18. The van der Waals surface area contributed by atoms with Crippen molar-refractivity contribution in [2.24, 2.45) is 0 Å². The van der Waals surface area contributed by atoms with Gasteiger partial charge < -0.3 is 0 Å². The number of hydrogen-bond donors (Lipinski definition) is 1. The lowest BCUT2D eigenvalue weighted by Crippen LogP contribution is -2.16. The van der Waals surface area contributed by atoms with Gasteiger partial charge in [0.2, 0.25) is 0 Å². The molecule has 12 heavy (non-hydrogen) atoms.